The molecule has 156 valence electrons. The molecule has 0 spiro atoms. The zero-order chi connectivity index (χ0) is 20.8. The molecule has 2 fully saturated rings. The normalized spacial score (nSPS) is 24.8. The number of amides is 2. The van der Waals surface area contributed by atoms with E-state index in [1.54, 1.807) is 18.3 Å². The highest BCUT2D eigenvalue weighted by molar-refractivity contribution is 5.94. The summed E-state index contributed by atoms with van der Waals surface area (Å²) in [4.78, 5) is 31.7. The average molecular weight is 411 g/mol. The minimum absolute atomic E-state index is 0.108. The standard InChI is InChI=1S/C21H21N3O6/c1-2-14-9-23(20(26)29-14)19-6-4-13(8-22-19)12-3-5-15-17(7-12)28-11-16-18(10-25)30-21(27)24(15)16/h3-8,14,16,18,25H,2,9-11H2,1H3/t14?,16-,18-/m0/s1. The fourth-order valence-electron chi connectivity index (χ4n) is 4.01. The van der Waals surface area contributed by atoms with Gasteiger partial charge in [-0.1, -0.05) is 13.0 Å². The van der Waals surface area contributed by atoms with Gasteiger partial charge in [0.2, 0.25) is 0 Å². The number of carbonyl (C=O) groups is 2. The number of pyridine rings is 1. The van der Waals surface area contributed by atoms with E-state index in [9.17, 15) is 14.7 Å². The lowest BCUT2D eigenvalue weighted by atomic mass is 10.0. The van der Waals surface area contributed by atoms with Crippen LogP contribution >= 0.6 is 0 Å². The predicted octanol–water partition coefficient (Wildman–Crippen LogP) is 2.56. The van der Waals surface area contributed by atoms with Crippen molar-refractivity contribution in [2.24, 2.45) is 0 Å². The molecule has 1 unspecified atom stereocenters. The Kier molecular flexibility index (Phi) is 4.47. The smallest absolute Gasteiger partial charge is 0.415 e. The maximum atomic E-state index is 12.2. The van der Waals surface area contributed by atoms with Crippen molar-refractivity contribution in [2.45, 2.75) is 31.6 Å². The van der Waals surface area contributed by atoms with Crippen molar-refractivity contribution < 1.29 is 28.9 Å². The Balaban J connectivity index is 1.39. The molecule has 2 amide bonds. The van der Waals surface area contributed by atoms with Crippen molar-refractivity contribution in [1.29, 1.82) is 0 Å². The van der Waals surface area contributed by atoms with Crippen LogP contribution in [0.3, 0.4) is 0 Å². The Morgan fingerprint density at radius 1 is 1.13 bits per heavy atom. The second kappa shape index (κ2) is 7.17. The van der Waals surface area contributed by atoms with Gasteiger partial charge in [-0.25, -0.2) is 14.6 Å². The number of benzene rings is 1. The lowest BCUT2D eigenvalue weighted by Crippen LogP contribution is -2.45. The minimum atomic E-state index is -0.591. The van der Waals surface area contributed by atoms with Gasteiger partial charge in [0, 0.05) is 11.8 Å². The van der Waals surface area contributed by atoms with Crippen molar-refractivity contribution in [1.82, 2.24) is 4.98 Å². The van der Waals surface area contributed by atoms with Crippen LogP contribution in [-0.2, 0) is 9.47 Å². The third-order valence-corrected chi connectivity index (χ3v) is 5.71. The maximum Gasteiger partial charge on any atom is 0.415 e. The molecule has 1 N–H and O–H groups in total. The van der Waals surface area contributed by atoms with Crippen LogP contribution < -0.4 is 14.5 Å². The van der Waals surface area contributed by atoms with Crippen molar-refractivity contribution in [3.8, 4) is 16.9 Å². The average Bonchev–Trinajstić information content (AvgIpc) is 3.32. The molecule has 3 aliphatic rings. The highest BCUT2D eigenvalue weighted by atomic mass is 16.6. The van der Waals surface area contributed by atoms with Gasteiger partial charge < -0.3 is 19.3 Å². The van der Waals surface area contributed by atoms with E-state index in [2.05, 4.69) is 4.98 Å². The SMILES string of the molecule is CCC1CN(c2ccc(-c3ccc4c(c3)OC[C@H]3[C@H](CO)OC(=O)N43)cn2)C(=O)O1. The number of nitrogens with zero attached hydrogens (tertiary/aromatic N) is 3. The number of ether oxygens (including phenoxy) is 3. The van der Waals surface area contributed by atoms with E-state index in [-0.39, 0.29) is 31.5 Å². The van der Waals surface area contributed by atoms with E-state index in [1.165, 1.54) is 9.80 Å². The van der Waals surface area contributed by atoms with Crippen LogP contribution in [0, 0.1) is 0 Å². The molecule has 3 aliphatic heterocycles. The van der Waals surface area contributed by atoms with E-state index >= 15 is 0 Å². The summed E-state index contributed by atoms with van der Waals surface area (Å²) in [5, 5.41) is 9.41. The topological polar surface area (TPSA) is 101 Å². The molecule has 30 heavy (non-hydrogen) atoms. The number of hydrogen-bond donors (Lipinski definition) is 1. The molecule has 0 aliphatic carbocycles. The molecule has 9 heteroatoms. The van der Waals surface area contributed by atoms with Crippen LogP contribution in [0.25, 0.3) is 11.1 Å². The van der Waals surface area contributed by atoms with Crippen LogP contribution in [0.15, 0.2) is 36.5 Å². The minimum Gasteiger partial charge on any atom is -0.489 e. The molecule has 0 saturated carbocycles. The van der Waals surface area contributed by atoms with Crippen molar-refractivity contribution >= 4 is 23.7 Å². The maximum absolute atomic E-state index is 12.2. The third kappa shape index (κ3) is 2.93. The summed E-state index contributed by atoms with van der Waals surface area (Å²) in [5.74, 6) is 1.11. The second-order valence-corrected chi connectivity index (χ2v) is 7.47. The fraction of sp³-hybridized carbons (Fsp3) is 0.381. The molecule has 2 saturated heterocycles. The molecular weight excluding hydrogens is 390 g/mol. The summed E-state index contributed by atoms with van der Waals surface area (Å²) in [5.41, 5.74) is 2.34. The second-order valence-electron chi connectivity index (χ2n) is 7.47. The van der Waals surface area contributed by atoms with Crippen LogP contribution in [0.5, 0.6) is 5.75 Å². The first-order valence-electron chi connectivity index (χ1n) is 9.91. The summed E-state index contributed by atoms with van der Waals surface area (Å²) in [7, 11) is 0. The van der Waals surface area contributed by atoms with E-state index in [1.807, 2.05) is 25.1 Å². The van der Waals surface area contributed by atoms with E-state index in [0.717, 1.165) is 17.5 Å². The lowest BCUT2D eigenvalue weighted by molar-refractivity contribution is 0.0734. The number of carbonyl (C=O) groups excluding carboxylic acids is 2. The number of hydrogen-bond acceptors (Lipinski definition) is 7. The van der Waals surface area contributed by atoms with Gasteiger partial charge in [-0.3, -0.25) is 9.80 Å². The first kappa shape index (κ1) is 18.7. The summed E-state index contributed by atoms with van der Waals surface area (Å²) in [6, 6.07) is 8.85. The first-order valence-corrected chi connectivity index (χ1v) is 9.91. The van der Waals surface area contributed by atoms with Gasteiger partial charge in [0.25, 0.3) is 0 Å². The number of rotatable bonds is 4. The third-order valence-electron chi connectivity index (χ3n) is 5.71. The molecule has 5 rings (SSSR count). The monoisotopic (exact) mass is 411 g/mol. The molecule has 1 aromatic carbocycles. The zero-order valence-corrected chi connectivity index (χ0v) is 16.4. The molecule has 4 heterocycles. The number of aliphatic hydroxyl groups excluding tert-OH is 1. The fourth-order valence-corrected chi connectivity index (χ4v) is 4.01. The summed E-state index contributed by atoms with van der Waals surface area (Å²) in [6.45, 7) is 2.48. The number of aliphatic hydroxyl groups is 1. The molecule has 1 aromatic heterocycles. The first-order chi connectivity index (χ1) is 14.6. The Hall–Kier alpha value is -3.33. The van der Waals surface area contributed by atoms with Crippen LogP contribution in [0.2, 0.25) is 0 Å². The number of anilines is 2. The molecular formula is C21H21N3O6. The van der Waals surface area contributed by atoms with Crippen LogP contribution in [0.4, 0.5) is 21.1 Å². The molecule has 9 nitrogen and oxygen atoms in total. The highest BCUT2D eigenvalue weighted by Gasteiger charge is 2.46. The zero-order valence-electron chi connectivity index (χ0n) is 16.4. The number of cyclic esters (lactones) is 2. The van der Waals surface area contributed by atoms with Crippen LogP contribution in [-0.4, -0.2) is 60.3 Å². The summed E-state index contributed by atoms with van der Waals surface area (Å²) >= 11 is 0. The van der Waals surface area contributed by atoms with Gasteiger partial charge in [-0.05, 0) is 36.2 Å². The van der Waals surface area contributed by atoms with Gasteiger partial charge in [0.1, 0.15) is 30.3 Å². The Morgan fingerprint density at radius 3 is 2.67 bits per heavy atom. The summed E-state index contributed by atoms with van der Waals surface area (Å²) in [6.07, 6.45) is 0.902. The van der Waals surface area contributed by atoms with Crippen molar-refractivity contribution in [3.05, 3.63) is 36.5 Å². The van der Waals surface area contributed by atoms with Gasteiger partial charge in [-0.15, -0.1) is 0 Å². The van der Waals surface area contributed by atoms with Crippen molar-refractivity contribution in [2.75, 3.05) is 29.6 Å². The molecule has 0 radical (unpaired) electrons. The van der Waals surface area contributed by atoms with E-state index in [0.29, 0.717) is 23.8 Å². The van der Waals surface area contributed by atoms with Gasteiger partial charge in [-0.2, -0.15) is 0 Å². The Bertz CT molecular complexity index is 995. The molecule has 0 bridgehead atoms. The molecule has 3 atom stereocenters. The predicted molar refractivity (Wildman–Crippen MR) is 107 cm³/mol. The van der Waals surface area contributed by atoms with E-state index < -0.39 is 12.2 Å². The van der Waals surface area contributed by atoms with Gasteiger partial charge in [0.05, 0.1) is 18.8 Å². The van der Waals surface area contributed by atoms with Crippen LogP contribution in [0.1, 0.15) is 13.3 Å². The Morgan fingerprint density at radius 2 is 1.97 bits per heavy atom. The summed E-state index contributed by atoms with van der Waals surface area (Å²) < 4.78 is 16.4. The number of aromatic nitrogens is 1. The largest absolute Gasteiger partial charge is 0.489 e. The van der Waals surface area contributed by atoms with Crippen molar-refractivity contribution in [3.63, 3.8) is 0 Å². The lowest BCUT2D eigenvalue weighted by Gasteiger charge is -2.31. The highest BCUT2D eigenvalue weighted by Crippen LogP contribution is 2.41. The van der Waals surface area contributed by atoms with Gasteiger partial charge >= 0.3 is 12.2 Å². The van der Waals surface area contributed by atoms with Gasteiger partial charge in [0.15, 0.2) is 6.10 Å². The Labute approximate surface area is 172 Å². The molecule has 2 aromatic rings. The quantitative estimate of drug-likeness (QED) is 0.825. The van der Waals surface area contributed by atoms with E-state index in [4.69, 9.17) is 14.2 Å². The number of fused-ring (bicyclic) bond motifs is 3.